The summed E-state index contributed by atoms with van der Waals surface area (Å²) in [5.41, 5.74) is -0.910. The number of nitriles is 1. The number of hydrogen-bond acceptors (Lipinski definition) is 3. The van der Waals surface area contributed by atoms with Crippen LogP contribution in [0.25, 0.3) is 0 Å². The Bertz CT molecular complexity index is 621. The molecule has 0 amide bonds. The van der Waals surface area contributed by atoms with Gasteiger partial charge >= 0.3 is 0 Å². The summed E-state index contributed by atoms with van der Waals surface area (Å²) in [5.74, 6) is -1.74. The lowest BCUT2D eigenvalue weighted by Crippen LogP contribution is -2.23. The normalized spacial score (nSPS) is 25.8. The van der Waals surface area contributed by atoms with E-state index >= 15 is 0 Å². The lowest BCUT2D eigenvalue weighted by Gasteiger charge is -2.18. The van der Waals surface area contributed by atoms with Gasteiger partial charge < -0.3 is 0 Å². The quantitative estimate of drug-likeness (QED) is 0.824. The Hall–Kier alpha value is -1.48. The first-order valence-corrected chi connectivity index (χ1v) is 7.24. The summed E-state index contributed by atoms with van der Waals surface area (Å²) in [7, 11) is -3.23. The van der Waals surface area contributed by atoms with Crippen molar-refractivity contribution < 1.29 is 17.2 Å². The van der Waals surface area contributed by atoms with Crippen molar-refractivity contribution in [2.24, 2.45) is 5.41 Å². The highest BCUT2D eigenvalue weighted by atomic mass is 32.2. The van der Waals surface area contributed by atoms with Gasteiger partial charge in [-0.3, -0.25) is 0 Å². The van der Waals surface area contributed by atoms with Crippen LogP contribution in [0.15, 0.2) is 18.2 Å². The van der Waals surface area contributed by atoms with Gasteiger partial charge in [-0.1, -0.05) is 6.07 Å². The highest BCUT2D eigenvalue weighted by molar-refractivity contribution is 7.91. The van der Waals surface area contributed by atoms with Gasteiger partial charge in [0.15, 0.2) is 9.84 Å². The molecule has 18 heavy (non-hydrogen) atoms. The van der Waals surface area contributed by atoms with Gasteiger partial charge in [-0.15, -0.1) is 0 Å². The Morgan fingerprint density at radius 3 is 2.61 bits per heavy atom. The lowest BCUT2D eigenvalue weighted by atomic mass is 9.82. The molecular weight excluding hydrogens is 260 g/mol. The van der Waals surface area contributed by atoms with Crippen LogP contribution >= 0.6 is 0 Å². The van der Waals surface area contributed by atoms with E-state index in [1.54, 1.807) is 0 Å². The fraction of sp³-hybridized carbons (Fsp3) is 0.417. The van der Waals surface area contributed by atoms with Crippen LogP contribution in [0.5, 0.6) is 0 Å². The van der Waals surface area contributed by atoms with Crippen molar-refractivity contribution in [3.8, 4) is 6.07 Å². The predicted molar refractivity (Wildman–Crippen MR) is 61.4 cm³/mol. The minimum atomic E-state index is -3.23. The molecular formula is C12H11F2NO2S. The zero-order valence-corrected chi connectivity index (χ0v) is 10.3. The molecule has 1 aliphatic rings. The molecule has 0 aliphatic carbocycles. The fourth-order valence-electron chi connectivity index (χ4n) is 2.21. The van der Waals surface area contributed by atoms with Gasteiger partial charge in [-0.25, -0.2) is 17.2 Å². The topological polar surface area (TPSA) is 57.9 Å². The van der Waals surface area contributed by atoms with Gasteiger partial charge in [-0.05, 0) is 24.5 Å². The van der Waals surface area contributed by atoms with Crippen molar-refractivity contribution in [2.45, 2.75) is 12.8 Å². The van der Waals surface area contributed by atoms with Gasteiger partial charge in [0.1, 0.15) is 11.6 Å². The Morgan fingerprint density at radius 1 is 1.39 bits per heavy atom. The van der Waals surface area contributed by atoms with Crippen LogP contribution in [-0.2, 0) is 16.3 Å². The van der Waals surface area contributed by atoms with Crippen molar-refractivity contribution in [3.05, 3.63) is 35.4 Å². The Balaban J connectivity index is 2.30. The molecule has 0 aromatic heterocycles. The van der Waals surface area contributed by atoms with Gasteiger partial charge in [0.05, 0.1) is 23.0 Å². The van der Waals surface area contributed by atoms with Crippen molar-refractivity contribution >= 4 is 9.84 Å². The number of rotatable bonds is 2. The summed E-state index contributed by atoms with van der Waals surface area (Å²) in [5, 5.41) is 9.14. The van der Waals surface area contributed by atoms with E-state index < -0.39 is 26.9 Å². The van der Waals surface area contributed by atoms with Crippen LogP contribution in [-0.4, -0.2) is 19.9 Å². The standard InChI is InChI=1S/C12H11F2NO2S/c13-10-2-1-9(11(14)5-10)6-12(7-15)3-4-18(16,17)8-12/h1-2,5H,3-4,6,8H2. The molecule has 0 spiro atoms. The van der Waals surface area contributed by atoms with Crippen molar-refractivity contribution in [3.63, 3.8) is 0 Å². The zero-order chi connectivity index (χ0) is 13.4. The number of sulfone groups is 1. The number of halogens is 2. The zero-order valence-electron chi connectivity index (χ0n) is 9.49. The summed E-state index contributed by atoms with van der Waals surface area (Å²) in [6, 6.07) is 5.09. The minimum absolute atomic E-state index is 0.00512. The highest BCUT2D eigenvalue weighted by Gasteiger charge is 2.43. The Labute approximate surface area is 104 Å². The van der Waals surface area contributed by atoms with Gasteiger partial charge in [-0.2, -0.15) is 5.26 Å². The number of hydrogen-bond donors (Lipinski definition) is 0. The van der Waals surface area contributed by atoms with E-state index in [0.717, 1.165) is 12.1 Å². The largest absolute Gasteiger partial charge is 0.229 e. The molecule has 6 heteroatoms. The molecule has 1 aromatic carbocycles. The maximum absolute atomic E-state index is 13.5. The average Bonchev–Trinajstić information content (AvgIpc) is 2.59. The van der Waals surface area contributed by atoms with E-state index in [1.807, 2.05) is 6.07 Å². The fourth-order valence-corrected chi connectivity index (χ4v) is 4.21. The molecule has 1 aliphatic heterocycles. The molecule has 3 nitrogen and oxygen atoms in total. The third-order valence-corrected chi connectivity index (χ3v) is 4.99. The molecule has 1 fully saturated rings. The smallest absolute Gasteiger partial charge is 0.151 e. The second kappa shape index (κ2) is 4.32. The molecule has 0 bridgehead atoms. The van der Waals surface area contributed by atoms with Crippen molar-refractivity contribution in [1.29, 1.82) is 5.26 Å². The molecule has 0 saturated carbocycles. The van der Waals surface area contributed by atoms with E-state index in [0.29, 0.717) is 0 Å². The van der Waals surface area contributed by atoms with Crippen LogP contribution in [0, 0.1) is 28.4 Å². The molecule has 0 N–H and O–H groups in total. The van der Waals surface area contributed by atoms with Crippen LogP contribution in [0.2, 0.25) is 0 Å². The summed E-state index contributed by atoms with van der Waals surface area (Å²) in [6.45, 7) is 0. The van der Waals surface area contributed by atoms with Crippen LogP contribution < -0.4 is 0 Å². The number of nitrogens with zero attached hydrogens (tertiary/aromatic N) is 1. The SMILES string of the molecule is N#CC1(Cc2ccc(F)cc2F)CCS(=O)(=O)C1. The maximum Gasteiger partial charge on any atom is 0.151 e. The summed E-state index contributed by atoms with van der Waals surface area (Å²) < 4.78 is 49.1. The lowest BCUT2D eigenvalue weighted by molar-refractivity contribution is 0.438. The molecule has 2 rings (SSSR count). The number of benzene rings is 1. The van der Waals surface area contributed by atoms with Crippen molar-refractivity contribution in [2.75, 3.05) is 11.5 Å². The molecule has 1 atom stereocenters. The first-order chi connectivity index (χ1) is 8.36. The van der Waals surface area contributed by atoms with Crippen LogP contribution in [0.4, 0.5) is 8.78 Å². The molecule has 96 valence electrons. The molecule has 1 aromatic rings. The minimum Gasteiger partial charge on any atom is -0.229 e. The predicted octanol–water partition coefficient (Wildman–Crippen LogP) is 1.84. The van der Waals surface area contributed by atoms with E-state index in [9.17, 15) is 17.2 Å². The summed E-state index contributed by atoms with van der Waals surface area (Å²) in [4.78, 5) is 0. The van der Waals surface area contributed by atoms with Gasteiger partial charge in [0, 0.05) is 6.07 Å². The van der Waals surface area contributed by atoms with E-state index in [4.69, 9.17) is 5.26 Å². The molecule has 0 radical (unpaired) electrons. The van der Waals surface area contributed by atoms with E-state index in [2.05, 4.69) is 0 Å². The summed E-state index contributed by atoms with van der Waals surface area (Å²) in [6.07, 6.45) is 0.192. The van der Waals surface area contributed by atoms with Crippen LogP contribution in [0.3, 0.4) is 0 Å². The average molecular weight is 271 g/mol. The van der Waals surface area contributed by atoms with E-state index in [1.165, 1.54) is 6.07 Å². The summed E-state index contributed by atoms with van der Waals surface area (Å²) >= 11 is 0. The second-order valence-corrected chi connectivity index (χ2v) is 6.83. The van der Waals surface area contributed by atoms with Crippen molar-refractivity contribution in [1.82, 2.24) is 0 Å². The molecule has 1 saturated heterocycles. The van der Waals surface area contributed by atoms with E-state index in [-0.39, 0.29) is 29.9 Å². The molecule has 1 heterocycles. The molecule has 1 unspecified atom stereocenters. The van der Waals surface area contributed by atoms with Crippen LogP contribution in [0.1, 0.15) is 12.0 Å². The van der Waals surface area contributed by atoms with Gasteiger partial charge in [0.25, 0.3) is 0 Å². The maximum atomic E-state index is 13.5. The first kappa shape index (κ1) is 13.0. The third-order valence-electron chi connectivity index (χ3n) is 3.17. The van der Waals surface area contributed by atoms with Gasteiger partial charge in [0.2, 0.25) is 0 Å². The Morgan fingerprint density at radius 2 is 2.11 bits per heavy atom. The second-order valence-electron chi connectivity index (χ2n) is 4.65. The third kappa shape index (κ3) is 2.51. The monoisotopic (exact) mass is 271 g/mol. The highest BCUT2D eigenvalue weighted by Crippen LogP contribution is 2.35. The Kier molecular flexibility index (Phi) is 3.11. The first-order valence-electron chi connectivity index (χ1n) is 5.41.